The van der Waals surface area contributed by atoms with E-state index >= 15 is 0 Å². The summed E-state index contributed by atoms with van der Waals surface area (Å²) in [5.74, 6) is -0.596. The Morgan fingerprint density at radius 2 is 2.10 bits per heavy atom. The molecule has 1 fully saturated rings. The van der Waals surface area contributed by atoms with Crippen molar-refractivity contribution in [2.75, 3.05) is 32.1 Å². The molecule has 0 N–H and O–H groups in total. The maximum absolute atomic E-state index is 13.9. The van der Waals surface area contributed by atoms with Gasteiger partial charge in [0.15, 0.2) is 0 Å². The third-order valence-corrected chi connectivity index (χ3v) is 4.02. The van der Waals surface area contributed by atoms with Gasteiger partial charge >= 0.3 is 5.69 Å². The Bertz CT molecular complexity index is 542. The highest BCUT2D eigenvalue weighted by atomic mass is 79.9. The molecule has 110 valence electrons. The highest BCUT2D eigenvalue weighted by Gasteiger charge is 2.37. The summed E-state index contributed by atoms with van der Waals surface area (Å²) < 4.78 is 27.5. The third-order valence-electron chi connectivity index (χ3n) is 3.41. The molecule has 5 nitrogen and oxygen atoms in total. The Morgan fingerprint density at radius 3 is 2.60 bits per heavy atom. The number of halogens is 3. The van der Waals surface area contributed by atoms with Gasteiger partial charge in [0.1, 0.15) is 22.1 Å². The van der Waals surface area contributed by atoms with Gasteiger partial charge in [-0.2, -0.15) is 0 Å². The summed E-state index contributed by atoms with van der Waals surface area (Å²) >= 11 is 2.99. The molecule has 0 aliphatic carbocycles. The molecule has 0 bridgehead atoms. The van der Waals surface area contributed by atoms with E-state index in [0.717, 1.165) is 12.1 Å². The maximum atomic E-state index is 13.9. The molecular weight excluding hydrogens is 336 g/mol. The predicted molar refractivity (Wildman–Crippen MR) is 75.3 cm³/mol. The summed E-state index contributed by atoms with van der Waals surface area (Å²) in [5, 5.41) is 11.1. The minimum Gasteiger partial charge on any atom is -0.361 e. The zero-order valence-corrected chi connectivity index (χ0v) is 12.6. The van der Waals surface area contributed by atoms with E-state index in [9.17, 15) is 18.9 Å². The number of likely N-dealkylation sites (N-methyl/N-ethyl adjacent to an activating group) is 1. The summed E-state index contributed by atoms with van der Waals surface area (Å²) in [7, 11) is 3.49. The Balaban J connectivity index is 2.41. The first-order valence-electron chi connectivity index (χ1n) is 6.00. The second kappa shape index (κ2) is 5.61. The minimum atomic E-state index is -1.13. The fourth-order valence-corrected chi connectivity index (χ4v) is 2.97. The number of nitrogens with zero attached hydrogens (tertiary/aromatic N) is 3. The summed E-state index contributed by atoms with van der Waals surface area (Å²) in [6.07, 6.45) is -1.13. The van der Waals surface area contributed by atoms with Crippen LogP contribution in [0.25, 0.3) is 0 Å². The molecular formula is C12H14BrF2N3O2. The van der Waals surface area contributed by atoms with Gasteiger partial charge in [0.05, 0.1) is 17.5 Å². The number of anilines is 1. The van der Waals surface area contributed by atoms with Gasteiger partial charge in [0, 0.05) is 12.6 Å². The molecule has 2 rings (SSSR count). The largest absolute Gasteiger partial charge is 0.361 e. The molecule has 1 aromatic rings. The fraction of sp³-hybridized carbons (Fsp3) is 0.500. The first-order chi connectivity index (χ1) is 9.31. The molecule has 20 heavy (non-hydrogen) atoms. The van der Waals surface area contributed by atoms with Crippen LogP contribution in [0.4, 0.5) is 20.2 Å². The third kappa shape index (κ3) is 2.76. The van der Waals surface area contributed by atoms with Crippen molar-refractivity contribution >= 4 is 27.3 Å². The lowest BCUT2D eigenvalue weighted by Gasteiger charge is -2.21. The predicted octanol–water partition coefficient (Wildman–Crippen LogP) is 2.58. The number of rotatable bonds is 3. The fourth-order valence-electron chi connectivity index (χ4n) is 2.40. The van der Waals surface area contributed by atoms with E-state index in [2.05, 4.69) is 15.9 Å². The highest BCUT2D eigenvalue weighted by Crippen LogP contribution is 2.38. The number of nitro benzene ring substituents is 1. The molecule has 8 heteroatoms. The van der Waals surface area contributed by atoms with Gasteiger partial charge in [-0.25, -0.2) is 8.78 Å². The monoisotopic (exact) mass is 349 g/mol. The normalized spacial score (nSPS) is 22.6. The SMILES string of the molecule is CN(C)C1CN(c2cc(F)cc(Br)c2[N+](=O)[O-])CC1F. The van der Waals surface area contributed by atoms with Gasteiger partial charge in [0.2, 0.25) is 0 Å². The Hall–Kier alpha value is -1.28. The van der Waals surface area contributed by atoms with E-state index in [0.29, 0.717) is 0 Å². The van der Waals surface area contributed by atoms with E-state index in [4.69, 9.17) is 0 Å². The van der Waals surface area contributed by atoms with E-state index < -0.39 is 16.9 Å². The van der Waals surface area contributed by atoms with Crippen molar-refractivity contribution in [3.8, 4) is 0 Å². The topological polar surface area (TPSA) is 49.6 Å². The average molecular weight is 350 g/mol. The van der Waals surface area contributed by atoms with Gasteiger partial charge in [-0.3, -0.25) is 10.1 Å². The van der Waals surface area contributed by atoms with Crippen LogP contribution in [0.3, 0.4) is 0 Å². The van der Waals surface area contributed by atoms with Crippen molar-refractivity contribution in [2.24, 2.45) is 0 Å². The van der Waals surface area contributed by atoms with Gasteiger partial charge in [0.25, 0.3) is 0 Å². The summed E-state index contributed by atoms with van der Waals surface area (Å²) in [6.45, 7) is 0.296. The molecule has 1 aliphatic heterocycles. The average Bonchev–Trinajstić information content (AvgIpc) is 2.69. The molecule has 2 unspecified atom stereocenters. The van der Waals surface area contributed by atoms with Crippen LogP contribution in [-0.2, 0) is 0 Å². The molecule has 0 saturated carbocycles. The molecule has 0 aromatic heterocycles. The second-order valence-electron chi connectivity index (χ2n) is 4.96. The molecule has 1 saturated heterocycles. The lowest BCUT2D eigenvalue weighted by molar-refractivity contribution is -0.385. The molecule has 0 amide bonds. The van der Waals surface area contributed by atoms with Gasteiger partial charge in [-0.1, -0.05) is 0 Å². The minimum absolute atomic E-state index is 0.0135. The van der Waals surface area contributed by atoms with E-state index in [1.165, 1.54) is 4.90 Å². The molecule has 2 atom stereocenters. The van der Waals surface area contributed by atoms with Crippen molar-refractivity contribution in [1.29, 1.82) is 0 Å². The number of nitro groups is 1. The van der Waals surface area contributed by atoms with Gasteiger partial charge in [-0.15, -0.1) is 0 Å². The Morgan fingerprint density at radius 1 is 1.45 bits per heavy atom. The molecule has 0 spiro atoms. The van der Waals surface area contributed by atoms with Crippen molar-refractivity contribution < 1.29 is 13.7 Å². The van der Waals surface area contributed by atoms with E-state index in [1.807, 2.05) is 0 Å². The van der Waals surface area contributed by atoms with Gasteiger partial charge < -0.3 is 9.80 Å². The molecule has 0 radical (unpaired) electrons. The van der Waals surface area contributed by atoms with Crippen LogP contribution in [0.5, 0.6) is 0 Å². The summed E-state index contributed by atoms with van der Waals surface area (Å²) in [4.78, 5) is 13.8. The van der Waals surface area contributed by atoms with Crippen LogP contribution in [0.1, 0.15) is 0 Å². The maximum Gasteiger partial charge on any atom is 0.306 e. The van der Waals surface area contributed by atoms with Crippen LogP contribution >= 0.6 is 15.9 Å². The van der Waals surface area contributed by atoms with Crippen LogP contribution in [0.2, 0.25) is 0 Å². The smallest absolute Gasteiger partial charge is 0.306 e. The van der Waals surface area contributed by atoms with Crippen molar-refractivity contribution in [3.05, 3.63) is 32.5 Å². The molecule has 1 aliphatic rings. The van der Waals surface area contributed by atoms with Crippen LogP contribution in [0.15, 0.2) is 16.6 Å². The number of hydrogen-bond acceptors (Lipinski definition) is 4. The summed E-state index contributed by atoms with van der Waals surface area (Å²) in [6, 6.07) is 1.75. The molecule has 1 aromatic carbocycles. The van der Waals surface area contributed by atoms with Crippen molar-refractivity contribution in [3.63, 3.8) is 0 Å². The van der Waals surface area contributed by atoms with E-state index in [1.54, 1.807) is 19.0 Å². The van der Waals surface area contributed by atoms with E-state index in [-0.39, 0.29) is 35.0 Å². The Kier molecular flexibility index (Phi) is 4.24. The van der Waals surface area contributed by atoms with Crippen molar-refractivity contribution in [1.82, 2.24) is 4.90 Å². The second-order valence-corrected chi connectivity index (χ2v) is 5.82. The van der Waals surface area contributed by atoms with Crippen LogP contribution < -0.4 is 4.90 Å². The number of hydrogen-bond donors (Lipinski definition) is 0. The highest BCUT2D eigenvalue weighted by molar-refractivity contribution is 9.10. The number of benzene rings is 1. The lowest BCUT2D eigenvalue weighted by Crippen LogP contribution is -2.36. The first-order valence-corrected chi connectivity index (χ1v) is 6.79. The number of alkyl halides is 1. The quantitative estimate of drug-likeness (QED) is 0.621. The molecule has 1 heterocycles. The standard InChI is InChI=1S/C12H14BrF2N3O2/c1-16(2)11-6-17(5-9(11)15)10-4-7(14)3-8(13)12(10)18(19)20/h3-4,9,11H,5-6H2,1-2H3. The Labute approximate surface area is 123 Å². The van der Waals surface area contributed by atoms with Crippen LogP contribution in [0, 0.1) is 15.9 Å². The zero-order valence-electron chi connectivity index (χ0n) is 11.0. The zero-order chi connectivity index (χ0) is 15.0. The lowest BCUT2D eigenvalue weighted by atomic mass is 10.2. The van der Waals surface area contributed by atoms with Gasteiger partial charge in [-0.05, 0) is 36.1 Å². The van der Waals surface area contributed by atoms with Crippen molar-refractivity contribution in [2.45, 2.75) is 12.2 Å². The summed E-state index contributed by atoms with van der Waals surface area (Å²) in [5.41, 5.74) is -0.133. The first kappa shape index (κ1) is 15.1. The van der Waals surface area contributed by atoms with Crippen LogP contribution in [-0.4, -0.2) is 49.2 Å².